The molecule has 0 bridgehead atoms. The van der Waals surface area contributed by atoms with Crippen LogP contribution in [0.2, 0.25) is 0 Å². The first-order valence-electron chi connectivity index (χ1n) is 14.2. The number of aliphatic hydroxyl groups excluding tert-OH is 1. The lowest BCUT2D eigenvalue weighted by Gasteiger charge is -2.27. The average Bonchev–Trinajstić information content (AvgIpc) is 3.37. The van der Waals surface area contributed by atoms with Crippen LogP contribution in [-0.4, -0.2) is 60.1 Å². The highest BCUT2D eigenvalue weighted by Crippen LogP contribution is 2.39. The van der Waals surface area contributed by atoms with Gasteiger partial charge >= 0.3 is 12.0 Å². The van der Waals surface area contributed by atoms with E-state index in [0.29, 0.717) is 5.69 Å². The number of urea groups is 1. The number of hydrogen-bond donors (Lipinski definition) is 3. The number of carbonyl (C=O) groups is 2. The average molecular weight is 796 g/mol. The Kier molecular flexibility index (Phi) is 13.8. The lowest BCUT2D eigenvalue weighted by molar-refractivity contribution is -0.222. The molecule has 41 heavy (non-hydrogen) atoms. The van der Waals surface area contributed by atoms with E-state index in [1.54, 1.807) is 20.8 Å². The van der Waals surface area contributed by atoms with Crippen LogP contribution in [0.25, 0.3) is 0 Å². The van der Waals surface area contributed by atoms with Crippen LogP contribution in [-0.2, 0) is 30.2 Å². The molecular formula is C30H42I2N2O7. The summed E-state index contributed by atoms with van der Waals surface area (Å²) >= 11 is 4.27. The Balaban J connectivity index is 1.42. The lowest BCUT2D eigenvalue weighted by Crippen LogP contribution is -2.48. The summed E-state index contributed by atoms with van der Waals surface area (Å²) in [5, 5.41) is 16.0. The molecule has 5 atom stereocenters. The Morgan fingerprint density at radius 3 is 2.44 bits per heavy atom. The minimum absolute atomic E-state index is 0.138. The molecule has 0 spiro atoms. The Hall–Kier alpha value is -1.26. The fraction of sp³-hybridized carbons (Fsp3) is 0.600. The molecule has 3 N–H and O–H groups in total. The van der Waals surface area contributed by atoms with Crippen molar-refractivity contribution < 1.29 is 33.6 Å². The first-order valence-corrected chi connectivity index (χ1v) is 16.4. The maximum Gasteiger partial charge on any atom is 0.319 e. The van der Waals surface area contributed by atoms with Gasteiger partial charge in [-0.3, -0.25) is 4.79 Å². The third-order valence-corrected chi connectivity index (χ3v) is 8.51. The number of halogens is 2. The van der Waals surface area contributed by atoms with Crippen LogP contribution in [0.4, 0.5) is 10.5 Å². The molecule has 2 fully saturated rings. The summed E-state index contributed by atoms with van der Waals surface area (Å²) in [7, 11) is 0. The van der Waals surface area contributed by atoms with E-state index in [1.807, 2.05) is 30.4 Å². The second kappa shape index (κ2) is 16.6. The van der Waals surface area contributed by atoms with E-state index < -0.39 is 42.5 Å². The smallest absolute Gasteiger partial charge is 0.319 e. The second-order valence-corrected chi connectivity index (χ2v) is 13.1. The molecule has 0 aliphatic carbocycles. The maximum atomic E-state index is 12.8. The van der Waals surface area contributed by atoms with Gasteiger partial charge < -0.3 is 34.7 Å². The normalized spacial score (nSPS) is 24.1. The Morgan fingerprint density at radius 2 is 1.73 bits per heavy atom. The van der Waals surface area contributed by atoms with Crippen molar-refractivity contribution >= 4 is 62.9 Å². The van der Waals surface area contributed by atoms with Gasteiger partial charge in [-0.1, -0.05) is 50.8 Å². The van der Waals surface area contributed by atoms with Crippen LogP contribution >= 0.6 is 45.2 Å². The highest BCUT2D eigenvalue weighted by molar-refractivity contribution is 14.1. The summed E-state index contributed by atoms with van der Waals surface area (Å²) in [6.07, 6.45) is 12.6. The predicted octanol–water partition coefficient (Wildman–Crippen LogP) is 6.20. The molecular weight excluding hydrogens is 754 g/mol. The molecule has 2 aliphatic heterocycles. The summed E-state index contributed by atoms with van der Waals surface area (Å²) in [4.78, 5) is 25.2. The summed E-state index contributed by atoms with van der Waals surface area (Å²) in [5.74, 6) is -1.14. The van der Waals surface area contributed by atoms with Gasteiger partial charge in [0.05, 0.1) is 18.2 Å². The van der Waals surface area contributed by atoms with E-state index in [4.69, 9.17) is 18.9 Å². The SMILES string of the molecule is CCCCCCCC=CC=CCOC(=O)Cc1cc(I)c(NC(=O)N[C@@H](C)[C@H]2O[C@H](O)[C@H]3OC(C)(C)O[C@@H]23)c(I)c1. The molecule has 1 aromatic rings. The van der Waals surface area contributed by atoms with Crippen molar-refractivity contribution in [3.63, 3.8) is 0 Å². The van der Waals surface area contributed by atoms with Gasteiger partial charge in [-0.2, -0.15) is 0 Å². The Morgan fingerprint density at radius 1 is 1.07 bits per heavy atom. The number of nitrogens with one attached hydrogen (secondary N) is 2. The molecule has 1 aromatic carbocycles. The van der Waals surface area contributed by atoms with Crippen LogP contribution in [0.3, 0.4) is 0 Å². The van der Waals surface area contributed by atoms with Crippen LogP contribution in [0.15, 0.2) is 36.4 Å². The number of allylic oxidation sites excluding steroid dienone is 3. The number of carbonyl (C=O) groups excluding carboxylic acids is 2. The van der Waals surface area contributed by atoms with Crippen molar-refractivity contribution in [3.8, 4) is 0 Å². The van der Waals surface area contributed by atoms with Gasteiger partial charge in [-0.25, -0.2) is 4.79 Å². The van der Waals surface area contributed by atoms with Crippen LogP contribution < -0.4 is 10.6 Å². The molecule has 9 nitrogen and oxygen atoms in total. The number of esters is 1. The number of benzene rings is 1. The topological polar surface area (TPSA) is 115 Å². The highest BCUT2D eigenvalue weighted by atomic mass is 127. The standard InChI is InChI=1S/C30H42I2N2O7/c1-5-6-7-8-9-10-11-12-13-14-15-38-23(35)18-20-16-21(31)24(22(32)17-20)34-29(37)33-19(2)25-26-27(28(36)39-25)41-30(3,4)40-26/h11-14,16-17,19,25-28,36H,5-10,15,18H2,1-4H3,(H2,33,34,37)/t19-,25+,26-,27-,28-/m0/s1. The van der Waals surface area contributed by atoms with Crippen molar-refractivity contribution in [2.75, 3.05) is 11.9 Å². The molecule has 2 amide bonds. The van der Waals surface area contributed by atoms with Gasteiger partial charge in [0, 0.05) is 7.14 Å². The molecule has 228 valence electrons. The molecule has 0 unspecified atom stereocenters. The van der Waals surface area contributed by atoms with E-state index in [1.165, 1.54) is 32.1 Å². The van der Waals surface area contributed by atoms with Gasteiger partial charge in [0.15, 0.2) is 12.1 Å². The van der Waals surface area contributed by atoms with E-state index in [0.717, 1.165) is 19.1 Å². The van der Waals surface area contributed by atoms with Crippen molar-refractivity contribution in [1.82, 2.24) is 5.32 Å². The van der Waals surface area contributed by atoms with Crippen molar-refractivity contribution in [2.45, 2.75) is 109 Å². The number of fused-ring (bicyclic) bond motifs is 1. The van der Waals surface area contributed by atoms with Crippen LogP contribution in [0.1, 0.15) is 71.8 Å². The number of amides is 2. The van der Waals surface area contributed by atoms with Crippen LogP contribution in [0.5, 0.6) is 0 Å². The van der Waals surface area contributed by atoms with Gasteiger partial charge in [0.2, 0.25) is 0 Å². The summed E-state index contributed by atoms with van der Waals surface area (Å²) in [6, 6.07) is 2.84. The van der Waals surface area contributed by atoms with Gasteiger partial charge in [0.1, 0.15) is 24.9 Å². The van der Waals surface area contributed by atoms with E-state index in [9.17, 15) is 14.7 Å². The monoisotopic (exact) mass is 796 g/mol. The summed E-state index contributed by atoms with van der Waals surface area (Å²) in [6.45, 7) is 7.79. The molecule has 2 aliphatic rings. The summed E-state index contributed by atoms with van der Waals surface area (Å²) < 4.78 is 24.2. The minimum Gasteiger partial charge on any atom is -0.461 e. The number of anilines is 1. The Labute approximate surface area is 270 Å². The van der Waals surface area contributed by atoms with E-state index in [-0.39, 0.29) is 19.0 Å². The minimum atomic E-state index is -1.12. The molecule has 3 rings (SSSR count). The van der Waals surface area contributed by atoms with Crippen LogP contribution in [0, 0.1) is 7.14 Å². The molecule has 0 radical (unpaired) electrons. The predicted molar refractivity (Wildman–Crippen MR) is 175 cm³/mol. The molecule has 2 heterocycles. The largest absolute Gasteiger partial charge is 0.461 e. The van der Waals surface area contributed by atoms with Crippen molar-refractivity contribution in [2.24, 2.45) is 0 Å². The highest BCUT2D eigenvalue weighted by Gasteiger charge is 2.56. The maximum absolute atomic E-state index is 12.8. The first-order chi connectivity index (χ1) is 19.5. The molecule has 0 aromatic heterocycles. The molecule has 2 saturated heterocycles. The van der Waals surface area contributed by atoms with Gasteiger partial charge in [-0.05, 0) is 103 Å². The number of ether oxygens (including phenoxy) is 4. The zero-order valence-corrected chi connectivity index (χ0v) is 28.5. The van der Waals surface area contributed by atoms with Gasteiger partial charge in [-0.15, -0.1) is 0 Å². The molecule has 11 heteroatoms. The Bertz CT molecular complexity index is 1070. The van der Waals surface area contributed by atoms with Gasteiger partial charge in [0.25, 0.3) is 0 Å². The van der Waals surface area contributed by atoms with E-state index in [2.05, 4.69) is 68.8 Å². The van der Waals surface area contributed by atoms with E-state index >= 15 is 0 Å². The van der Waals surface area contributed by atoms with Crippen molar-refractivity contribution in [3.05, 3.63) is 49.1 Å². The quantitative estimate of drug-likeness (QED) is 0.0890. The first kappa shape index (κ1) is 34.2. The third-order valence-electron chi connectivity index (χ3n) is 6.80. The number of unbranched alkanes of at least 4 members (excludes halogenated alkanes) is 5. The third kappa shape index (κ3) is 10.8. The second-order valence-electron chi connectivity index (χ2n) is 10.8. The zero-order chi connectivity index (χ0) is 30.0. The number of aliphatic hydroxyl groups is 1. The number of rotatable bonds is 14. The number of hydrogen-bond acceptors (Lipinski definition) is 7. The fourth-order valence-electron chi connectivity index (χ4n) is 4.83. The lowest BCUT2D eigenvalue weighted by atomic mass is 10.1. The molecule has 0 saturated carbocycles. The summed E-state index contributed by atoms with van der Waals surface area (Å²) in [5.41, 5.74) is 1.44. The van der Waals surface area contributed by atoms with Crippen molar-refractivity contribution in [1.29, 1.82) is 0 Å². The zero-order valence-electron chi connectivity index (χ0n) is 24.2. The fourth-order valence-corrected chi connectivity index (χ4v) is 7.00.